The van der Waals surface area contributed by atoms with Gasteiger partial charge in [-0.15, -0.1) is 0 Å². The molecule has 94 valence electrons. The second-order valence-corrected chi connectivity index (χ2v) is 5.34. The van der Waals surface area contributed by atoms with Crippen molar-refractivity contribution in [2.45, 2.75) is 64.5 Å². The standard InChI is InChI=1S/C13H26N2O/c1-10(2)4-9-13(16)15-12-7-5-11(14-3)6-8-12/h10-12,14H,4-9H2,1-3H3,(H,15,16). The fraction of sp³-hybridized carbons (Fsp3) is 0.923. The van der Waals surface area contributed by atoms with Crippen LogP contribution in [0.4, 0.5) is 0 Å². The van der Waals surface area contributed by atoms with Gasteiger partial charge in [0.05, 0.1) is 0 Å². The molecule has 2 N–H and O–H groups in total. The summed E-state index contributed by atoms with van der Waals surface area (Å²) < 4.78 is 0. The average Bonchev–Trinajstić information content (AvgIpc) is 2.27. The molecule has 0 aromatic rings. The van der Waals surface area contributed by atoms with Gasteiger partial charge in [-0.3, -0.25) is 4.79 Å². The lowest BCUT2D eigenvalue weighted by molar-refractivity contribution is -0.122. The Morgan fingerprint density at radius 2 is 1.75 bits per heavy atom. The van der Waals surface area contributed by atoms with Crippen molar-refractivity contribution in [3.05, 3.63) is 0 Å². The number of nitrogens with one attached hydrogen (secondary N) is 2. The molecule has 3 nitrogen and oxygen atoms in total. The molecular weight excluding hydrogens is 200 g/mol. The van der Waals surface area contributed by atoms with Crippen molar-refractivity contribution in [2.75, 3.05) is 7.05 Å². The Labute approximate surface area is 99.4 Å². The van der Waals surface area contributed by atoms with Crippen molar-refractivity contribution in [2.24, 2.45) is 5.92 Å². The molecule has 1 rings (SSSR count). The van der Waals surface area contributed by atoms with E-state index >= 15 is 0 Å². The fourth-order valence-corrected chi connectivity index (χ4v) is 2.25. The summed E-state index contributed by atoms with van der Waals surface area (Å²) in [4.78, 5) is 11.6. The van der Waals surface area contributed by atoms with Crippen LogP contribution in [0.2, 0.25) is 0 Å². The largest absolute Gasteiger partial charge is 0.353 e. The van der Waals surface area contributed by atoms with Gasteiger partial charge in [0.2, 0.25) is 5.91 Å². The molecular formula is C13H26N2O. The van der Waals surface area contributed by atoms with Crippen LogP contribution in [0.25, 0.3) is 0 Å². The molecule has 0 unspecified atom stereocenters. The Hall–Kier alpha value is -0.570. The van der Waals surface area contributed by atoms with Gasteiger partial charge in [0, 0.05) is 18.5 Å². The topological polar surface area (TPSA) is 41.1 Å². The summed E-state index contributed by atoms with van der Waals surface area (Å²) in [6.07, 6.45) is 6.30. The van der Waals surface area contributed by atoms with Crippen molar-refractivity contribution < 1.29 is 4.79 Å². The molecule has 0 heterocycles. The molecule has 1 aliphatic carbocycles. The van der Waals surface area contributed by atoms with Gasteiger partial charge in [-0.05, 0) is 45.1 Å². The lowest BCUT2D eigenvalue weighted by atomic mass is 9.91. The van der Waals surface area contributed by atoms with E-state index in [0.717, 1.165) is 19.3 Å². The molecule has 1 saturated carbocycles. The zero-order chi connectivity index (χ0) is 12.0. The highest BCUT2D eigenvalue weighted by atomic mass is 16.1. The predicted octanol–water partition coefficient (Wildman–Crippen LogP) is 2.07. The molecule has 0 aliphatic heterocycles. The minimum atomic E-state index is 0.238. The molecule has 0 atom stereocenters. The summed E-state index contributed by atoms with van der Waals surface area (Å²) in [6, 6.07) is 1.08. The number of hydrogen-bond donors (Lipinski definition) is 2. The predicted molar refractivity (Wildman–Crippen MR) is 67.3 cm³/mol. The van der Waals surface area contributed by atoms with Crippen LogP contribution in [0.1, 0.15) is 52.4 Å². The van der Waals surface area contributed by atoms with Gasteiger partial charge in [0.1, 0.15) is 0 Å². The Kier molecular flexibility index (Phi) is 5.81. The van der Waals surface area contributed by atoms with Gasteiger partial charge < -0.3 is 10.6 Å². The van der Waals surface area contributed by atoms with E-state index in [0.29, 0.717) is 24.4 Å². The molecule has 1 amide bonds. The molecule has 1 fully saturated rings. The van der Waals surface area contributed by atoms with Crippen LogP contribution in [0, 0.1) is 5.92 Å². The van der Waals surface area contributed by atoms with E-state index in [-0.39, 0.29) is 5.91 Å². The number of carbonyl (C=O) groups is 1. The highest BCUT2D eigenvalue weighted by Crippen LogP contribution is 2.18. The minimum Gasteiger partial charge on any atom is -0.353 e. The SMILES string of the molecule is CNC1CCC(NC(=O)CCC(C)C)CC1. The molecule has 0 bridgehead atoms. The highest BCUT2D eigenvalue weighted by Gasteiger charge is 2.20. The van der Waals surface area contributed by atoms with Gasteiger partial charge in [-0.2, -0.15) is 0 Å². The molecule has 0 spiro atoms. The third-order valence-electron chi connectivity index (χ3n) is 3.45. The molecule has 1 aliphatic rings. The van der Waals surface area contributed by atoms with Crippen molar-refractivity contribution in [3.63, 3.8) is 0 Å². The van der Waals surface area contributed by atoms with E-state index in [1.807, 2.05) is 7.05 Å². The lowest BCUT2D eigenvalue weighted by Gasteiger charge is -2.28. The molecule has 3 heteroatoms. The van der Waals surface area contributed by atoms with Gasteiger partial charge in [0.25, 0.3) is 0 Å². The summed E-state index contributed by atoms with van der Waals surface area (Å²) >= 11 is 0. The number of rotatable bonds is 5. The summed E-state index contributed by atoms with van der Waals surface area (Å²) in [5.74, 6) is 0.854. The average molecular weight is 226 g/mol. The van der Waals surface area contributed by atoms with Crippen LogP contribution < -0.4 is 10.6 Å². The zero-order valence-corrected chi connectivity index (χ0v) is 10.9. The van der Waals surface area contributed by atoms with Gasteiger partial charge in [-0.25, -0.2) is 0 Å². The Bertz CT molecular complexity index is 208. The summed E-state index contributed by atoms with van der Waals surface area (Å²) in [7, 11) is 2.02. The van der Waals surface area contributed by atoms with Crippen LogP contribution in [-0.4, -0.2) is 25.0 Å². The third-order valence-corrected chi connectivity index (χ3v) is 3.45. The maximum absolute atomic E-state index is 11.6. The van der Waals surface area contributed by atoms with E-state index in [1.54, 1.807) is 0 Å². The first-order chi connectivity index (χ1) is 7.61. The highest BCUT2D eigenvalue weighted by molar-refractivity contribution is 5.76. The van der Waals surface area contributed by atoms with Crippen molar-refractivity contribution >= 4 is 5.91 Å². The first-order valence-electron chi connectivity index (χ1n) is 6.58. The quantitative estimate of drug-likeness (QED) is 0.753. The Morgan fingerprint density at radius 3 is 2.25 bits per heavy atom. The second kappa shape index (κ2) is 6.89. The van der Waals surface area contributed by atoms with E-state index in [2.05, 4.69) is 24.5 Å². The molecule has 0 radical (unpaired) electrons. The molecule has 0 aromatic carbocycles. The van der Waals surface area contributed by atoms with E-state index in [9.17, 15) is 4.79 Å². The maximum atomic E-state index is 11.6. The van der Waals surface area contributed by atoms with Crippen LogP contribution in [0.5, 0.6) is 0 Å². The Balaban J connectivity index is 2.15. The maximum Gasteiger partial charge on any atom is 0.220 e. The van der Waals surface area contributed by atoms with Crippen LogP contribution >= 0.6 is 0 Å². The van der Waals surface area contributed by atoms with Crippen LogP contribution in [0.15, 0.2) is 0 Å². The van der Waals surface area contributed by atoms with Gasteiger partial charge in [-0.1, -0.05) is 13.8 Å². The van der Waals surface area contributed by atoms with Crippen LogP contribution in [0.3, 0.4) is 0 Å². The normalized spacial score (nSPS) is 25.8. The summed E-state index contributed by atoms with van der Waals surface area (Å²) in [5.41, 5.74) is 0. The number of hydrogen-bond acceptors (Lipinski definition) is 2. The number of carbonyl (C=O) groups excluding carboxylic acids is 1. The van der Waals surface area contributed by atoms with Gasteiger partial charge in [0.15, 0.2) is 0 Å². The van der Waals surface area contributed by atoms with E-state index in [4.69, 9.17) is 0 Å². The monoisotopic (exact) mass is 226 g/mol. The molecule has 16 heavy (non-hydrogen) atoms. The summed E-state index contributed by atoms with van der Waals surface area (Å²) in [5, 5.41) is 6.46. The first-order valence-corrected chi connectivity index (χ1v) is 6.58. The Morgan fingerprint density at radius 1 is 1.19 bits per heavy atom. The lowest BCUT2D eigenvalue weighted by Crippen LogP contribution is -2.41. The van der Waals surface area contributed by atoms with E-state index < -0.39 is 0 Å². The zero-order valence-electron chi connectivity index (χ0n) is 10.9. The summed E-state index contributed by atoms with van der Waals surface area (Å²) in [6.45, 7) is 4.32. The van der Waals surface area contributed by atoms with E-state index in [1.165, 1.54) is 12.8 Å². The number of amides is 1. The minimum absolute atomic E-state index is 0.238. The second-order valence-electron chi connectivity index (χ2n) is 5.34. The molecule has 0 saturated heterocycles. The van der Waals surface area contributed by atoms with Crippen molar-refractivity contribution in [1.82, 2.24) is 10.6 Å². The smallest absolute Gasteiger partial charge is 0.220 e. The first kappa shape index (κ1) is 13.5. The van der Waals surface area contributed by atoms with Crippen molar-refractivity contribution in [3.8, 4) is 0 Å². The third kappa shape index (κ3) is 4.97. The van der Waals surface area contributed by atoms with Gasteiger partial charge >= 0.3 is 0 Å². The fourth-order valence-electron chi connectivity index (χ4n) is 2.25. The van der Waals surface area contributed by atoms with Crippen molar-refractivity contribution in [1.29, 1.82) is 0 Å². The van der Waals surface area contributed by atoms with Crippen LogP contribution in [-0.2, 0) is 4.79 Å². The molecule has 0 aromatic heterocycles.